The highest BCUT2D eigenvalue weighted by molar-refractivity contribution is 9.10. The summed E-state index contributed by atoms with van der Waals surface area (Å²) in [6.07, 6.45) is 5.01. The summed E-state index contributed by atoms with van der Waals surface area (Å²) in [4.78, 5) is 13.6. The van der Waals surface area contributed by atoms with E-state index in [0.29, 0.717) is 5.92 Å². The first-order valence-corrected chi connectivity index (χ1v) is 6.71. The highest BCUT2D eigenvalue weighted by Crippen LogP contribution is 2.27. The standard InChI is InChI=1S/C11H18BrNO2/c12-9-5-6-13(11(9)15)7-8-3-1-2-4-10(8)14/h8-10,14H,1-7H2. The molecule has 86 valence electrons. The number of aliphatic hydroxyl groups excluding tert-OH is 1. The molecule has 0 spiro atoms. The third-order valence-electron chi connectivity index (χ3n) is 3.56. The quantitative estimate of drug-likeness (QED) is 0.777. The van der Waals surface area contributed by atoms with Crippen molar-refractivity contribution in [1.82, 2.24) is 4.90 Å². The predicted octanol–water partition coefficient (Wildman–Crippen LogP) is 1.53. The maximum Gasteiger partial charge on any atom is 0.236 e. The average molecular weight is 276 g/mol. The first-order valence-electron chi connectivity index (χ1n) is 5.79. The van der Waals surface area contributed by atoms with Gasteiger partial charge in [0.15, 0.2) is 0 Å². The number of amides is 1. The smallest absolute Gasteiger partial charge is 0.236 e. The molecule has 1 aliphatic heterocycles. The van der Waals surface area contributed by atoms with Gasteiger partial charge in [-0.15, -0.1) is 0 Å². The zero-order chi connectivity index (χ0) is 10.8. The topological polar surface area (TPSA) is 40.5 Å². The number of aliphatic hydroxyl groups is 1. The maximum absolute atomic E-state index is 11.7. The highest BCUT2D eigenvalue weighted by Gasteiger charge is 2.33. The first-order chi connectivity index (χ1) is 7.18. The van der Waals surface area contributed by atoms with E-state index in [-0.39, 0.29) is 16.8 Å². The third kappa shape index (κ3) is 2.53. The van der Waals surface area contributed by atoms with Gasteiger partial charge in [0, 0.05) is 19.0 Å². The van der Waals surface area contributed by atoms with Gasteiger partial charge in [-0.05, 0) is 19.3 Å². The lowest BCUT2D eigenvalue weighted by molar-refractivity contribution is -0.128. The van der Waals surface area contributed by atoms with Gasteiger partial charge >= 0.3 is 0 Å². The SMILES string of the molecule is O=C1C(Br)CCN1CC1CCCCC1O. The normalized spacial score (nSPS) is 37.3. The van der Waals surface area contributed by atoms with Gasteiger partial charge in [0.25, 0.3) is 0 Å². The number of carbonyl (C=O) groups excluding carboxylic acids is 1. The molecule has 3 unspecified atom stereocenters. The van der Waals surface area contributed by atoms with E-state index in [9.17, 15) is 9.90 Å². The van der Waals surface area contributed by atoms with Crippen molar-refractivity contribution < 1.29 is 9.90 Å². The predicted molar refractivity (Wildman–Crippen MR) is 61.9 cm³/mol. The van der Waals surface area contributed by atoms with Gasteiger partial charge in [0.2, 0.25) is 5.91 Å². The molecule has 0 bridgehead atoms. The fraction of sp³-hybridized carbons (Fsp3) is 0.909. The molecule has 1 aliphatic carbocycles. The molecule has 1 heterocycles. The van der Waals surface area contributed by atoms with Crippen LogP contribution >= 0.6 is 15.9 Å². The number of hydrogen-bond acceptors (Lipinski definition) is 2. The fourth-order valence-electron chi connectivity index (χ4n) is 2.57. The molecule has 1 saturated carbocycles. The van der Waals surface area contributed by atoms with Crippen molar-refractivity contribution in [2.75, 3.05) is 13.1 Å². The van der Waals surface area contributed by atoms with E-state index < -0.39 is 0 Å². The van der Waals surface area contributed by atoms with Crippen LogP contribution in [0.15, 0.2) is 0 Å². The second-order valence-corrected chi connectivity index (χ2v) is 5.76. The third-order valence-corrected chi connectivity index (χ3v) is 4.41. The lowest BCUT2D eigenvalue weighted by Crippen LogP contribution is -2.38. The van der Waals surface area contributed by atoms with Crippen LogP contribution in [0, 0.1) is 5.92 Å². The second-order valence-electron chi connectivity index (χ2n) is 4.65. The molecule has 1 N–H and O–H groups in total. The molecule has 3 nitrogen and oxygen atoms in total. The van der Waals surface area contributed by atoms with Gasteiger partial charge in [-0.25, -0.2) is 0 Å². The minimum Gasteiger partial charge on any atom is -0.393 e. The van der Waals surface area contributed by atoms with E-state index in [0.717, 1.165) is 38.8 Å². The van der Waals surface area contributed by atoms with Crippen LogP contribution in [0.2, 0.25) is 0 Å². The van der Waals surface area contributed by atoms with Crippen LogP contribution in [0.4, 0.5) is 0 Å². The summed E-state index contributed by atoms with van der Waals surface area (Å²) in [6, 6.07) is 0. The Morgan fingerprint density at radius 3 is 2.67 bits per heavy atom. The van der Waals surface area contributed by atoms with Crippen LogP contribution in [-0.2, 0) is 4.79 Å². The van der Waals surface area contributed by atoms with E-state index in [1.165, 1.54) is 6.42 Å². The van der Waals surface area contributed by atoms with Crippen molar-refractivity contribution in [3.8, 4) is 0 Å². The Morgan fingerprint density at radius 1 is 1.33 bits per heavy atom. The monoisotopic (exact) mass is 275 g/mol. The van der Waals surface area contributed by atoms with Crippen molar-refractivity contribution in [2.24, 2.45) is 5.92 Å². The maximum atomic E-state index is 11.7. The van der Waals surface area contributed by atoms with Crippen molar-refractivity contribution in [3.05, 3.63) is 0 Å². The summed E-state index contributed by atoms with van der Waals surface area (Å²) in [7, 11) is 0. The van der Waals surface area contributed by atoms with Crippen LogP contribution in [-0.4, -0.2) is 39.9 Å². The molecule has 1 saturated heterocycles. The summed E-state index contributed by atoms with van der Waals surface area (Å²) >= 11 is 3.37. The molecule has 0 aromatic carbocycles. The Hall–Kier alpha value is -0.0900. The fourth-order valence-corrected chi connectivity index (χ4v) is 3.06. The number of alkyl halides is 1. The highest BCUT2D eigenvalue weighted by atomic mass is 79.9. The van der Waals surface area contributed by atoms with Crippen LogP contribution in [0.3, 0.4) is 0 Å². The molecule has 2 rings (SSSR count). The van der Waals surface area contributed by atoms with Gasteiger partial charge in [-0.3, -0.25) is 4.79 Å². The number of likely N-dealkylation sites (tertiary alicyclic amines) is 1. The van der Waals surface area contributed by atoms with Crippen molar-refractivity contribution in [1.29, 1.82) is 0 Å². The molecular formula is C11H18BrNO2. The van der Waals surface area contributed by atoms with Gasteiger partial charge in [-0.2, -0.15) is 0 Å². The summed E-state index contributed by atoms with van der Waals surface area (Å²) in [5.41, 5.74) is 0. The van der Waals surface area contributed by atoms with Crippen molar-refractivity contribution >= 4 is 21.8 Å². The van der Waals surface area contributed by atoms with Crippen LogP contribution in [0.5, 0.6) is 0 Å². The molecule has 1 amide bonds. The zero-order valence-corrected chi connectivity index (χ0v) is 10.4. The molecule has 0 aromatic rings. The van der Waals surface area contributed by atoms with E-state index in [2.05, 4.69) is 15.9 Å². The van der Waals surface area contributed by atoms with Gasteiger partial charge in [-0.1, -0.05) is 28.8 Å². The van der Waals surface area contributed by atoms with Gasteiger partial charge in [0.1, 0.15) is 0 Å². The van der Waals surface area contributed by atoms with Gasteiger partial charge in [0.05, 0.1) is 10.9 Å². The molecule has 2 aliphatic rings. The van der Waals surface area contributed by atoms with Crippen LogP contribution in [0.1, 0.15) is 32.1 Å². The molecule has 3 atom stereocenters. The van der Waals surface area contributed by atoms with E-state index in [1.807, 2.05) is 4.90 Å². The Balaban J connectivity index is 1.88. The number of nitrogens with zero attached hydrogens (tertiary/aromatic N) is 1. The summed E-state index contributed by atoms with van der Waals surface area (Å²) in [5, 5.41) is 9.83. The molecule has 4 heteroatoms. The number of halogens is 1. The molecule has 0 radical (unpaired) electrons. The lowest BCUT2D eigenvalue weighted by atomic mass is 9.86. The minimum atomic E-state index is -0.194. The molecule has 15 heavy (non-hydrogen) atoms. The van der Waals surface area contributed by atoms with E-state index in [4.69, 9.17) is 0 Å². The molecule has 0 aromatic heterocycles. The van der Waals surface area contributed by atoms with E-state index >= 15 is 0 Å². The van der Waals surface area contributed by atoms with Crippen molar-refractivity contribution in [2.45, 2.75) is 43.0 Å². The Bertz CT molecular complexity index is 247. The Kier molecular flexibility index (Phi) is 3.67. The second kappa shape index (κ2) is 4.83. The Labute approximate surface area is 99.0 Å². The van der Waals surface area contributed by atoms with Gasteiger partial charge < -0.3 is 10.0 Å². The summed E-state index contributed by atoms with van der Waals surface area (Å²) < 4.78 is 0. The average Bonchev–Trinajstić information content (AvgIpc) is 2.53. The molecule has 2 fully saturated rings. The lowest BCUT2D eigenvalue weighted by Gasteiger charge is -2.31. The first kappa shape index (κ1) is 11.4. The van der Waals surface area contributed by atoms with Crippen molar-refractivity contribution in [3.63, 3.8) is 0 Å². The summed E-state index contributed by atoms with van der Waals surface area (Å²) in [6.45, 7) is 1.60. The number of rotatable bonds is 2. The molecular weight excluding hydrogens is 258 g/mol. The Morgan fingerprint density at radius 2 is 2.07 bits per heavy atom. The summed E-state index contributed by atoms with van der Waals surface area (Å²) in [5.74, 6) is 0.508. The number of carbonyl (C=O) groups is 1. The minimum absolute atomic E-state index is 0.0123. The number of hydrogen-bond donors (Lipinski definition) is 1. The van der Waals surface area contributed by atoms with Crippen LogP contribution in [0.25, 0.3) is 0 Å². The largest absolute Gasteiger partial charge is 0.393 e. The zero-order valence-electron chi connectivity index (χ0n) is 8.86. The van der Waals surface area contributed by atoms with E-state index in [1.54, 1.807) is 0 Å². The van der Waals surface area contributed by atoms with Crippen LogP contribution < -0.4 is 0 Å².